The predicted octanol–water partition coefficient (Wildman–Crippen LogP) is 3.59. The Morgan fingerprint density at radius 3 is 2.64 bits per heavy atom. The molecular formula is C19H19ClFN3O4. The third kappa shape index (κ3) is 4.83. The van der Waals surface area contributed by atoms with Gasteiger partial charge in [0.05, 0.1) is 30.7 Å². The molecule has 0 radical (unpaired) electrons. The molecule has 0 aliphatic carbocycles. The lowest BCUT2D eigenvalue weighted by Gasteiger charge is -2.34. The molecule has 0 bridgehead atoms. The molecule has 1 saturated heterocycles. The molecule has 2 aromatic rings. The maximum atomic E-state index is 13.3. The van der Waals surface area contributed by atoms with Gasteiger partial charge in [-0.1, -0.05) is 23.7 Å². The first-order chi connectivity index (χ1) is 13.5. The summed E-state index contributed by atoms with van der Waals surface area (Å²) < 4.78 is 18.7. The fraction of sp³-hybridized carbons (Fsp3) is 0.316. The summed E-state index contributed by atoms with van der Waals surface area (Å²) in [4.78, 5) is 16.9. The van der Waals surface area contributed by atoms with Crippen LogP contribution in [-0.4, -0.2) is 54.0 Å². The number of phenols is 1. The molecule has 148 valence electrons. The fourth-order valence-electron chi connectivity index (χ4n) is 3.10. The van der Waals surface area contributed by atoms with Crippen molar-refractivity contribution in [1.29, 1.82) is 0 Å². The van der Waals surface area contributed by atoms with E-state index in [4.69, 9.17) is 16.3 Å². The number of halogens is 2. The number of ether oxygens (including phenoxy) is 1. The monoisotopic (exact) mass is 407 g/mol. The highest BCUT2D eigenvalue weighted by Crippen LogP contribution is 2.32. The second kappa shape index (κ2) is 9.09. The molecule has 2 aromatic carbocycles. The highest BCUT2D eigenvalue weighted by molar-refractivity contribution is 6.31. The number of nitro benzene ring substituents is 1. The van der Waals surface area contributed by atoms with Crippen LogP contribution >= 0.6 is 11.6 Å². The van der Waals surface area contributed by atoms with E-state index in [1.807, 2.05) is 0 Å². The number of nitrogens with zero attached hydrogens (tertiary/aromatic N) is 3. The second-order valence-corrected chi connectivity index (χ2v) is 6.77. The lowest BCUT2D eigenvalue weighted by Crippen LogP contribution is -2.40. The van der Waals surface area contributed by atoms with Crippen LogP contribution in [0.15, 0.2) is 41.4 Å². The summed E-state index contributed by atoms with van der Waals surface area (Å²) in [5.41, 5.74) is 0.595. The summed E-state index contributed by atoms with van der Waals surface area (Å²) in [6, 6.07) is 8.62. The number of aromatic hydroxyl groups is 1. The Morgan fingerprint density at radius 1 is 1.32 bits per heavy atom. The molecule has 1 fully saturated rings. The lowest BCUT2D eigenvalue weighted by atomic mass is 10.0. The van der Waals surface area contributed by atoms with Gasteiger partial charge < -0.3 is 9.84 Å². The molecule has 1 heterocycles. The van der Waals surface area contributed by atoms with Crippen molar-refractivity contribution >= 4 is 23.5 Å². The quantitative estimate of drug-likeness (QED) is 0.449. The van der Waals surface area contributed by atoms with E-state index >= 15 is 0 Å². The Labute approximate surface area is 166 Å². The molecule has 0 unspecified atom stereocenters. The molecule has 1 aliphatic rings. The molecule has 28 heavy (non-hydrogen) atoms. The third-order valence-corrected chi connectivity index (χ3v) is 4.75. The van der Waals surface area contributed by atoms with Crippen LogP contribution in [0.25, 0.3) is 0 Å². The average Bonchev–Trinajstić information content (AvgIpc) is 2.69. The number of hydrogen-bond acceptors (Lipinski definition) is 6. The highest BCUT2D eigenvalue weighted by atomic mass is 35.5. The predicted molar refractivity (Wildman–Crippen MR) is 104 cm³/mol. The highest BCUT2D eigenvalue weighted by Gasteiger charge is 2.23. The van der Waals surface area contributed by atoms with Crippen molar-refractivity contribution in [1.82, 2.24) is 4.90 Å². The summed E-state index contributed by atoms with van der Waals surface area (Å²) >= 11 is 5.91. The topological polar surface area (TPSA) is 88.2 Å². The van der Waals surface area contributed by atoms with Gasteiger partial charge in [-0.05, 0) is 23.8 Å². The number of benzene rings is 2. The Hall–Kier alpha value is -2.55. The molecular weight excluding hydrogens is 389 g/mol. The lowest BCUT2D eigenvalue weighted by molar-refractivity contribution is -0.385. The minimum Gasteiger partial charge on any atom is -0.502 e. The van der Waals surface area contributed by atoms with Crippen LogP contribution in [0.3, 0.4) is 0 Å². The van der Waals surface area contributed by atoms with Crippen molar-refractivity contribution in [3.05, 3.63) is 68.5 Å². The first kappa shape index (κ1) is 20.2. The number of aliphatic imine (C=N–C) groups is 1. The number of phenolic OH excluding ortho intramolecular Hbond substituents is 1. The van der Waals surface area contributed by atoms with Crippen LogP contribution in [0.5, 0.6) is 5.75 Å². The molecule has 9 heteroatoms. The zero-order valence-corrected chi connectivity index (χ0v) is 15.7. The van der Waals surface area contributed by atoms with Gasteiger partial charge in [-0.3, -0.25) is 20.0 Å². The fourth-order valence-corrected chi connectivity index (χ4v) is 3.32. The maximum Gasteiger partial charge on any atom is 0.312 e. The summed E-state index contributed by atoms with van der Waals surface area (Å²) in [5.74, 6) is -0.799. The smallest absolute Gasteiger partial charge is 0.312 e. The SMILES string of the molecule is O=[N+]([O-])c1cc(Cl)cc(C=NC[C@H](c2ccc(F)cc2)N2CCOCC2)c1O. The van der Waals surface area contributed by atoms with Crippen molar-refractivity contribution in [3.8, 4) is 5.75 Å². The third-order valence-electron chi connectivity index (χ3n) is 4.53. The summed E-state index contributed by atoms with van der Waals surface area (Å²) in [7, 11) is 0. The first-order valence-electron chi connectivity index (χ1n) is 8.69. The zero-order chi connectivity index (χ0) is 20.1. The second-order valence-electron chi connectivity index (χ2n) is 6.33. The van der Waals surface area contributed by atoms with Crippen LogP contribution in [0.1, 0.15) is 17.2 Å². The van der Waals surface area contributed by atoms with Gasteiger partial charge >= 0.3 is 5.69 Å². The van der Waals surface area contributed by atoms with Gasteiger partial charge in [-0.25, -0.2) is 4.39 Å². The zero-order valence-electron chi connectivity index (χ0n) is 14.9. The number of rotatable bonds is 6. The van der Waals surface area contributed by atoms with E-state index in [0.717, 1.165) is 11.6 Å². The van der Waals surface area contributed by atoms with E-state index in [9.17, 15) is 19.6 Å². The molecule has 0 amide bonds. The van der Waals surface area contributed by atoms with Crippen molar-refractivity contribution in [2.24, 2.45) is 4.99 Å². The van der Waals surface area contributed by atoms with Gasteiger partial charge in [0.2, 0.25) is 5.75 Å². The van der Waals surface area contributed by atoms with Gasteiger partial charge in [0.15, 0.2) is 0 Å². The minimum atomic E-state index is -0.701. The Morgan fingerprint density at radius 2 is 2.00 bits per heavy atom. The first-order valence-corrected chi connectivity index (χ1v) is 9.07. The molecule has 1 aliphatic heterocycles. The molecule has 0 spiro atoms. The van der Waals surface area contributed by atoms with Gasteiger partial charge in [0.25, 0.3) is 0 Å². The average molecular weight is 408 g/mol. The van der Waals surface area contributed by atoms with E-state index in [0.29, 0.717) is 32.8 Å². The number of nitro groups is 1. The minimum absolute atomic E-state index is 0.114. The van der Waals surface area contributed by atoms with Crippen molar-refractivity contribution in [2.75, 3.05) is 32.8 Å². The van der Waals surface area contributed by atoms with Crippen LogP contribution in [0.2, 0.25) is 5.02 Å². The van der Waals surface area contributed by atoms with E-state index in [1.165, 1.54) is 24.4 Å². The summed E-state index contributed by atoms with van der Waals surface area (Å²) in [5, 5.41) is 21.2. The standard InChI is InChI=1S/C19H19ClFN3O4/c20-15-9-14(19(25)17(10-15)24(26)27)11-22-12-18(23-5-7-28-8-6-23)13-1-3-16(21)4-2-13/h1-4,9-11,18,25H,5-8,12H2/t18-/m1/s1. The van der Waals surface area contributed by atoms with E-state index < -0.39 is 16.4 Å². The van der Waals surface area contributed by atoms with Gasteiger partial charge in [-0.15, -0.1) is 0 Å². The Balaban J connectivity index is 1.83. The summed E-state index contributed by atoms with van der Waals surface area (Å²) in [6.07, 6.45) is 1.37. The van der Waals surface area contributed by atoms with Gasteiger partial charge in [-0.2, -0.15) is 0 Å². The summed E-state index contributed by atoms with van der Waals surface area (Å²) in [6.45, 7) is 2.95. The van der Waals surface area contributed by atoms with Crippen molar-refractivity contribution in [2.45, 2.75) is 6.04 Å². The van der Waals surface area contributed by atoms with Gasteiger partial charge in [0, 0.05) is 36.0 Å². The van der Waals surface area contributed by atoms with Gasteiger partial charge in [0.1, 0.15) is 5.82 Å². The number of morpholine rings is 1. The maximum absolute atomic E-state index is 13.3. The molecule has 1 N–H and O–H groups in total. The van der Waals surface area contributed by atoms with Crippen molar-refractivity contribution in [3.63, 3.8) is 0 Å². The molecule has 0 saturated carbocycles. The Kier molecular flexibility index (Phi) is 6.56. The molecule has 7 nitrogen and oxygen atoms in total. The van der Waals surface area contributed by atoms with Crippen LogP contribution in [0.4, 0.5) is 10.1 Å². The molecule has 3 rings (SSSR count). The largest absolute Gasteiger partial charge is 0.502 e. The van der Waals surface area contributed by atoms with Crippen LogP contribution in [0, 0.1) is 15.9 Å². The normalized spacial score (nSPS) is 16.4. The van der Waals surface area contributed by atoms with Crippen molar-refractivity contribution < 1.29 is 19.2 Å². The van der Waals surface area contributed by atoms with E-state index in [2.05, 4.69) is 9.89 Å². The van der Waals surface area contributed by atoms with Crippen LogP contribution < -0.4 is 0 Å². The van der Waals surface area contributed by atoms with E-state index in [1.54, 1.807) is 12.1 Å². The van der Waals surface area contributed by atoms with E-state index in [-0.39, 0.29) is 22.4 Å². The molecule has 0 aromatic heterocycles. The Bertz CT molecular complexity index is 870. The molecule has 1 atom stereocenters. The van der Waals surface area contributed by atoms with Crippen LogP contribution in [-0.2, 0) is 4.74 Å². The number of hydrogen-bond donors (Lipinski definition) is 1.